The van der Waals surface area contributed by atoms with Gasteiger partial charge in [-0.2, -0.15) is 0 Å². The van der Waals surface area contributed by atoms with Crippen LogP contribution in [0, 0.1) is 0 Å². The van der Waals surface area contributed by atoms with Gasteiger partial charge in [0.25, 0.3) is 6.71 Å². The highest BCUT2D eigenvalue weighted by Crippen LogP contribution is 2.63. The Labute approximate surface area is 516 Å². The van der Waals surface area contributed by atoms with Gasteiger partial charge in [-0.05, 0) is 188 Å². The molecule has 16 rings (SSSR count). The third-order valence-electron chi connectivity index (χ3n) is 21.7. The predicted octanol–water partition coefficient (Wildman–Crippen LogP) is 20.5. The molecule has 0 saturated carbocycles. The Morgan fingerprint density at radius 1 is 0.356 bits per heavy atom. The van der Waals surface area contributed by atoms with E-state index in [0.717, 1.165) is 0 Å². The fourth-order valence-corrected chi connectivity index (χ4v) is 16.8. The second-order valence-electron chi connectivity index (χ2n) is 32.6. The van der Waals surface area contributed by atoms with Gasteiger partial charge in [0.1, 0.15) is 0 Å². The normalized spacial score (nSPS) is 14.9. The van der Waals surface area contributed by atoms with Crippen molar-refractivity contribution >= 4 is 88.5 Å². The van der Waals surface area contributed by atoms with Crippen LogP contribution in [0.15, 0.2) is 133 Å². The van der Waals surface area contributed by atoms with E-state index >= 15 is 0 Å². The first kappa shape index (κ1) is 54.8. The molecule has 6 heterocycles. The lowest BCUT2D eigenvalue weighted by Crippen LogP contribution is -2.60. The molecule has 12 aromatic rings. The van der Waals surface area contributed by atoms with Crippen molar-refractivity contribution < 1.29 is 0 Å². The molecule has 0 radical (unpaired) electrons. The maximum Gasteiger partial charge on any atom is 0.252 e. The van der Waals surface area contributed by atoms with Crippen molar-refractivity contribution in [1.29, 1.82) is 0 Å². The second-order valence-corrected chi connectivity index (χ2v) is 32.6. The number of nitrogens with zero attached hydrogens (tertiary/aromatic N) is 3. The summed E-state index contributed by atoms with van der Waals surface area (Å²) in [7, 11) is 0. The maximum atomic E-state index is 2.84. The minimum atomic E-state index is -0.646. The molecule has 87 heavy (non-hydrogen) atoms. The van der Waals surface area contributed by atoms with Gasteiger partial charge in [0.05, 0.1) is 33.0 Å². The Bertz CT molecular complexity index is 5000. The van der Waals surface area contributed by atoms with E-state index in [1.54, 1.807) is 0 Å². The lowest BCUT2D eigenvalue weighted by molar-refractivity contribution is 0.583. The zero-order valence-corrected chi connectivity index (χ0v) is 55.4. The Balaban J connectivity index is 1.18. The number of benzene rings is 9. The summed E-state index contributed by atoms with van der Waals surface area (Å²) >= 11 is 0. The van der Waals surface area contributed by atoms with Gasteiger partial charge in [0.2, 0.25) is 0 Å². The molecule has 0 atom stereocenters. The molecule has 0 amide bonds. The van der Waals surface area contributed by atoms with Crippen LogP contribution in [0.1, 0.15) is 229 Å². The maximum absolute atomic E-state index is 2.84. The first-order valence-corrected chi connectivity index (χ1v) is 32.9. The van der Waals surface area contributed by atoms with Gasteiger partial charge in [-0.25, -0.2) is 0 Å². The van der Waals surface area contributed by atoms with Crippen LogP contribution in [0.25, 0.3) is 93.6 Å². The molecular formula is C83H86BN3. The first-order chi connectivity index (χ1) is 41.0. The van der Waals surface area contributed by atoms with E-state index in [1.807, 2.05) is 0 Å². The van der Waals surface area contributed by atoms with Crippen molar-refractivity contribution in [2.75, 3.05) is 0 Å². The zero-order valence-electron chi connectivity index (χ0n) is 55.4. The van der Waals surface area contributed by atoms with E-state index in [9.17, 15) is 0 Å². The van der Waals surface area contributed by atoms with Gasteiger partial charge in [0.15, 0.2) is 0 Å². The standard InChI is InChI=1S/C83H86BN3/c1-43(2)47-21-26-54(27-22-47)85-68-34-48(44(3)4)23-28-57(68)71-70(85)42-66-78-73(71)72-58(46(7)8)33-49(45(5)6)35-69(72)86(78)67-32-31-61-77-74(67)84(66)65-41-53(82(18,19)20)37-60-59-36-52(81(15,16)17)40-64(75(59)87(77)76(60)65)83(61)62-38-50(79(9,10)11)24-29-55(62)56-30-25-51(39-63(56)83)80(12,13)14/h21-46H,1-20H3. The second kappa shape index (κ2) is 17.4. The van der Waals surface area contributed by atoms with E-state index < -0.39 is 5.41 Å². The van der Waals surface area contributed by atoms with Crippen LogP contribution in [0.5, 0.6) is 0 Å². The lowest BCUT2D eigenvalue weighted by Gasteiger charge is -2.45. The third kappa shape index (κ3) is 7.08. The Morgan fingerprint density at radius 2 is 0.885 bits per heavy atom. The molecule has 0 N–H and O–H groups in total. The van der Waals surface area contributed by atoms with Crippen LogP contribution in [-0.4, -0.2) is 20.4 Å². The van der Waals surface area contributed by atoms with E-state index in [1.165, 1.54) is 177 Å². The average molecular weight is 1140 g/mol. The summed E-state index contributed by atoms with van der Waals surface area (Å²) in [5.41, 5.74) is 34.5. The molecule has 9 aromatic carbocycles. The molecule has 436 valence electrons. The Kier molecular flexibility index (Phi) is 11.0. The smallest absolute Gasteiger partial charge is 0.252 e. The molecule has 0 saturated heterocycles. The van der Waals surface area contributed by atoms with Crippen molar-refractivity contribution in [1.82, 2.24) is 13.7 Å². The molecule has 4 aliphatic rings. The van der Waals surface area contributed by atoms with Crippen LogP contribution in [-0.2, 0) is 27.1 Å². The number of hydrogen-bond donors (Lipinski definition) is 0. The van der Waals surface area contributed by atoms with E-state index in [-0.39, 0.29) is 34.3 Å². The Hall–Kier alpha value is -7.56. The van der Waals surface area contributed by atoms with E-state index in [0.29, 0.717) is 17.8 Å². The summed E-state index contributed by atoms with van der Waals surface area (Å²) < 4.78 is 8.31. The zero-order chi connectivity index (χ0) is 61.2. The third-order valence-corrected chi connectivity index (χ3v) is 21.7. The van der Waals surface area contributed by atoms with Crippen molar-refractivity contribution in [3.8, 4) is 28.2 Å². The summed E-state index contributed by atoms with van der Waals surface area (Å²) in [5, 5.41) is 8.21. The fraction of sp³-hybridized carbons (Fsp3) is 0.349. The summed E-state index contributed by atoms with van der Waals surface area (Å²) in [6, 6.07) is 55.9. The minimum Gasteiger partial charge on any atom is -0.310 e. The van der Waals surface area contributed by atoms with E-state index in [2.05, 4.69) is 286 Å². The molecular weight excluding hydrogens is 1050 g/mol. The summed E-state index contributed by atoms with van der Waals surface area (Å²) in [4.78, 5) is 0. The van der Waals surface area contributed by atoms with Crippen LogP contribution >= 0.6 is 0 Å². The molecule has 3 nitrogen and oxygen atoms in total. The minimum absolute atomic E-state index is 0.0734. The first-order valence-electron chi connectivity index (χ1n) is 32.9. The van der Waals surface area contributed by atoms with Crippen molar-refractivity contribution in [3.63, 3.8) is 0 Å². The van der Waals surface area contributed by atoms with Crippen LogP contribution in [0.3, 0.4) is 0 Å². The van der Waals surface area contributed by atoms with E-state index in [4.69, 9.17) is 0 Å². The summed E-state index contributed by atoms with van der Waals surface area (Å²) in [6.07, 6.45) is 0. The van der Waals surface area contributed by atoms with Crippen LogP contribution < -0.4 is 16.4 Å². The van der Waals surface area contributed by atoms with Crippen LogP contribution in [0.4, 0.5) is 0 Å². The van der Waals surface area contributed by atoms with Crippen molar-refractivity contribution in [2.24, 2.45) is 0 Å². The summed E-state index contributed by atoms with van der Waals surface area (Å²) in [6.45, 7) is 47.8. The highest BCUT2D eigenvalue weighted by molar-refractivity contribution is 7.00. The van der Waals surface area contributed by atoms with Gasteiger partial charge in [-0.3, -0.25) is 0 Å². The Morgan fingerprint density at radius 3 is 1.46 bits per heavy atom. The quantitative estimate of drug-likeness (QED) is 0.153. The molecule has 4 heteroatoms. The number of aromatic nitrogens is 3. The number of fused-ring (bicyclic) bond motifs is 18. The van der Waals surface area contributed by atoms with Crippen LogP contribution in [0.2, 0.25) is 0 Å². The molecule has 3 aromatic heterocycles. The average Bonchev–Trinajstić information content (AvgIpc) is 1.52. The van der Waals surface area contributed by atoms with Gasteiger partial charge in [0, 0.05) is 54.9 Å². The molecule has 1 aliphatic carbocycles. The SMILES string of the molecule is CC(C)c1ccc(-n2c3cc(C(C)C)ccc3c3c4c5c(C(C)C)cc(C(C)C)cc5n5c4c(cc32)B2c3c-5ccc4c3-n3c5c2cc(C(C)(C)C)cc5c2cc(C(C)(C)C)cc(c23)C42c3cc(C(C)(C)C)ccc3-c3ccc(C(C)(C)C)cc32)cc1. The highest BCUT2D eigenvalue weighted by atomic mass is 15.1. The van der Waals surface area contributed by atoms with Gasteiger partial charge >= 0.3 is 0 Å². The molecule has 0 fully saturated rings. The number of hydrogen-bond acceptors (Lipinski definition) is 0. The monoisotopic (exact) mass is 1140 g/mol. The highest BCUT2D eigenvalue weighted by Gasteiger charge is 2.55. The van der Waals surface area contributed by atoms with Gasteiger partial charge in [-0.1, -0.05) is 223 Å². The van der Waals surface area contributed by atoms with Gasteiger partial charge in [-0.15, -0.1) is 0 Å². The molecule has 0 bridgehead atoms. The van der Waals surface area contributed by atoms with Gasteiger partial charge < -0.3 is 13.7 Å². The molecule has 0 unspecified atom stereocenters. The number of rotatable bonds is 5. The summed E-state index contributed by atoms with van der Waals surface area (Å²) in [5.74, 6) is 1.44. The topological polar surface area (TPSA) is 14.8 Å². The lowest BCUT2D eigenvalue weighted by atomic mass is 9.33. The molecule has 1 spiro atoms. The fourth-order valence-electron chi connectivity index (χ4n) is 16.8. The van der Waals surface area contributed by atoms with Crippen molar-refractivity contribution in [3.05, 3.63) is 200 Å². The van der Waals surface area contributed by atoms with Crippen molar-refractivity contribution in [2.45, 2.75) is 189 Å². The molecule has 3 aliphatic heterocycles. The predicted molar refractivity (Wildman–Crippen MR) is 376 cm³/mol. The largest absolute Gasteiger partial charge is 0.310 e.